The number of hydrogen-bond donors (Lipinski definition) is 3. The molecule has 0 saturated carbocycles. The number of nitrogens with zero attached hydrogens (tertiary/aromatic N) is 1. The van der Waals surface area contributed by atoms with Crippen LogP contribution in [0.1, 0.15) is 22.8 Å². The van der Waals surface area contributed by atoms with Gasteiger partial charge in [-0.05, 0) is 55.5 Å². The topological polar surface area (TPSA) is 103 Å². The van der Waals surface area contributed by atoms with Crippen molar-refractivity contribution in [3.05, 3.63) is 59.7 Å². The first-order valence-corrected chi connectivity index (χ1v) is 7.68. The van der Waals surface area contributed by atoms with Gasteiger partial charge in [-0.1, -0.05) is 0 Å². The summed E-state index contributed by atoms with van der Waals surface area (Å²) in [6.45, 7) is 2.41. The van der Waals surface area contributed by atoms with E-state index in [0.29, 0.717) is 29.2 Å². The van der Waals surface area contributed by atoms with Crippen LogP contribution in [0.15, 0.2) is 48.5 Å². The van der Waals surface area contributed by atoms with Gasteiger partial charge in [-0.15, -0.1) is 0 Å². The molecule has 0 aromatic heterocycles. The molecule has 0 aliphatic rings. The molecule has 2 amide bonds. The van der Waals surface area contributed by atoms with E-state index in [0.717, 1.165) is 0 Å². The molecule has 0 fully saturated rings. The summed E-state index contributed by atoms with van der Waals surface area (Å²) in [6, 6.07) is 15.3. The normalized spacial score (nSPS) is 9.60. The molecule has 25 heavy (non-hydrogen) atoms. The number of nitriles is 1. The third kappa shape index (κ3) is 5.55. The van der Waals surface area contributed by atoms with Crippen molar-refractivity contribution in [1.29, 1.82) is 5.26 Å². The van der Waals surface area contributed by atoms with Crippen LogP contribution in [0.25, 0.3) is 0 Å². The van der Waals surface area contributed by atoms with Gasteiger partial charge in [0.15, 0.2) is 0 Å². The maximum absolute atomic E-state index is 11.9. The molecule has 0 heterocycles. The predicted molar refractivity (Wildman–Crippen MR) is 92.9 cm³/mol. The summed E-state index contributed by atoms with van der Waals surface area (Å²) in [5.41, 5.74) is 6.32. The summed E-state index contributed by atoms with van der Waals surface area (Å²) in [4.78, 5) is 23.7. The Morgan fingerprint density at radius 1 is 1.04 bits per heavy atom. The zero-order valence-corrected chi connectivity index (χ0v) is 13.7. The van der Waals surface area contributed by atoms with E-state index < -0.39 is 11.8 Å². The molecule has 0 aliphatic carbocycles. The molecular formula is C18H18N4O3. The van der Waals surface area contributed by atoms with E-state index in [9.17, 15) is 9.59 Å². The number of carbonyl (C=O) groups excluding carboxylic acids is 2. The van der Waals surface area contributed by atoms with Gasteiger partial charge in [0.1, 0.15) is 5.75 Å². The Kier molecular flexibility index (Phi) is 6.37. The second-order valence-electron chi connectivity index (χ2n) is 5.00. The van der Waals surface area contributed by atoms with Crippen molar-refractivity contribution in [2.24, 2.45) is 0 Å². The van der Waals surface area contributed by atoms with Crippen LogP contribution in [0.4, 0.5) is 5.69 Å². The van der Waals surface area contributed by atoms with Crippen LogP contribution in [0.5, 0.6) is 5.75 Å². The molecule has 0 saturated heterocycles. The van der Waals surface area contributed by atoms with E-state index in [1.165, 1.54) is 0 Å². The van der Waals surface area contributed by atoms with Crippen LogP contribution in [0, 0.1) is 11.3 Å². The van der Waals surface area contributed by atoms with E-state index in [2.05, 4.69) is 16.2 Å². The number of anilines is 1. The van der Waals surface area contributed by atoms with Gasteiger partial charge >= 0.3 is 0 Å². The molecule has 128 valence electrons. The number of carbonyl (C=O) groups is 2. The third-order valence-corrected chi connectivity index (χ3v) is 3.21. The lowest BCUT2D eigenvalue weighted by Gasteiger charge is -2.09. The van der Waals surface area contributed by atoms with Crippen molar-refractivity contribution in [2.45, 2.75) is 6.92 Å². The first kappa shape index (κ1) is 17.8. The lowest BCUT2D eigenvalue weighted by molar-refractivity contribution is -0.120. The fourth-order valence-electron chi connectivity index (χ4n) is 1.96. The van der Waals surface area contributed by atoms with Gasteiger partial charge in [0, 0.05) is 11.3 Å². The van der Waals surface area contributed by atoms with Gasteiger partial charge in [0.2, 0.25) is 0 Å². The summed E-state index contributed by atoms with van der Waals surface area (Å²) in [5, 5.41) is 11.6. The van der Waals surface area contributed by atoms with E-state index in [4.69, 9.17) is 10.00 Å². The molecule has 0 unspecified atom stereocenters. The van der Waals surface area contributed by atoms with E-state index in [1.54, 1.807) is 48.5 Å². The highest BCUT2D eigenvalue weighted by Gasteiger charge is 2.07. The molecule has 2 aromatic carbocycles. The summed E-state index contributed by atoms with van der Waals surface area (Å²) in [5.74, 6) is -0.145. The van der Waals surface area contributed by atoms with Crippen molar-refractivity contribution in [3.63, 3.8) is 0 Å². The maximum atomic E-state index is 11.9. The number of benzene rings is 2. The molecule has 0 bridgehead atoms. The molecule has 0 radical (unpaired) electrons. The molecule has 2 rings (SSSR count). The monoisotopic (exact) mass is 338 g/mol. The molecular weight excluding hydrogens is 320 g/mol. The Morgan fingerprint density at radius 3 is 2.32 bits per heavy atom. The number of ether oxygens (including phenoxy) is 1. The fourth-order valence-corrected chi connectivity index (χ4v) is 1.96. The fraction of sp³-hybridized carbons (Fsp3) is 0.167. The molecule has 0 spiro atoms. The number of nitrogens with one attached hydrogen (secondary N) is 3. The molecule has 7 nitrogen and oxygen atoms in total. The van der Waals surface area contributed by atoms with Gasteiger partial charge in [0.25, 0.3) is 11.8 Å². The standard InChI is InChI=1S/C18H18N4O3/c1-2-25-16-9-5-14(6-10-16)18(24)22-21-17(23)12-20-15-7-3-13(11-19)4-8-15/h3-10,20H,2,12H2,1H3,(H,21,23)(H,22,24). The molecule has 0 aliphatic heterocycles. The smallest absolute Gasteiger partial charge is 0.269 e. The van der Waals surface area contributed by atoms with Gasteiger partial charge in [-0.2, -0.15) is 5.26 Å². The van der Waals surface area contributed by atoms with Crippen LogP contribution in [0.3, 0.4) is 0 Å². The van der Waals surface area contributed by atoms with Gasteiger partial charge in [-0.25, -0.2) is 0 Å². The summed E-state index contributed by atoms with van der Waals surface area (Å²) in [6.07, 6.45) is 0. The van der Waals surface area contributed by atoms with Crippen molar-refractivity contribution in [2.75, 3.05) is 18.5 Å². The lowest BCUT2D eigenvalue weighted by atomic mass is 10.2. The molecule has 3 N–H and O–H groups in total. The van der Waals surface area contributed by atoms with Crippen LogP contribution in [-0.2, 0) is 4.79 Å². The SMILES string of the molecule is CCOc1ccc(C(=O)NNC(=O)CNc2ccc(C#N)cc2)cc1. The average molecular weight is 338 g/mol. The first-order valence-electron chi connectivity index (χ1n) is 7.68. The number of hydrogen-bond acceptors (Lipinski definition) is 5. The van der Waals surface area contributed by atoms with Crippen molar-refractivity contribution in [1.82, 2.24) is 10.9 Å². The van der Waals surface area contributed by atoms with Crippen LogP contribution in [-0.4, -0.2) is 25.0 Å². The van der Waals surface area contributed by atoms with Gasteiger partial charge < -0.3 is 10.1 Å². The Balaban J connectivity index is 1.76. The maximum Gasteiger partial charge on any atom is 0.269 e. The summed E-state index contributed by atoms with van der Waals surface area (Å²) >= 11 is 0. The minimum absolute atomic E-state index is 0.0184. The first-order chi connectivity index (χ1) is 12.1. The number of hydrazine groups is 1. The number of rotatable bonds is 6. The second kappa shape index (κ2) is 8.93. The largest absolute Gasteiger partial charge is 0.494 e. The quantitative estimate of drug-likeness (QED) is 0.697. The Morgan fingerprint density at radius 2 is 1.72 bits per heavy atom. The average Bonchev–Trinajstić information content (AvgIpc) is 2.65. The summed E-state index contributed by atoms with van der Waals surface area (Å²) < 4.78 is 5.30. The van der Waals surface area contributed by atoms with E-state index in [-0.39, 0.29) is 6.54 Å². The third-order valence-electron chi connectivity index (χ3n) is 3.21. The highest BCUT2D eigenvalue weighted by atomic mass is 16.5. The zero-order chi connectivity index (χ0) is 18.1. The minimum Gasteiger partial charge on any atom is -0.494 e. The summed E-state index contributed by atoms with van der Waals surface area (Å²) in [7, 11) is 0. The van der Waals surface area contributed by atoms with Gasteiger partial charge in [-0.3, -0.25) is 20.4 Å². The Labute approximate surface area is 145 Å². The minimum atomic E-state index is -0.422. The zero-order valence-electron chi connectivity index (χ0n) is 13.7. The molecule has 2 aromatic rings. The van der Waals surface area contributed by atoms with E-state index >= 15 is 0 Å². The predicted octanol–water partition coefficient (Wildman–Crippen LogP) is 1.83. The van der Waals surface area contributed by atoms with Crippen molar-refractivity contribution >= 4 is 17.5 Å². The van der Waals surface area contributed by atoms with Crippen molar-refractivity contribution in [3.8, 4) is 11.8 Å². The van der Waals surface area contributed by atoms with Gasteiger partial charge in [0.05, 0.1) is 24.8 Å². The highest BCUT2D eigenvalue weighted by Crippen LogP contribution is 2.11. The second-order valence-corrected chi connectivity index (χ2v) is 5.00. The Bertz CT molecular complexity index is 764. The van der Waals surface area contributed by atoms with Crippen LogP contribution < -0.4 is 20.9 Å². The van der Waals surface area contributed by atoms with E-state index in [1.807, 2.05) is 13.0 Å². The molecule has 7 heteroatoms. The lowest BCUT2D eigenvalue weighted by Crippen LogP contribution is -2.44. The van der Waals surface area contributed by atoms with Crippen molar-refractivity contribution < 1.29 is 14.3 Å². The number of amides is 2. The highest BCUT2D eigenvalue weighted by molar-refractivity contribution is 5.95. The Hall–Kier alpha value is -3.53. The van der Waals surface area contributed by atoms with Crippen LogP contribution >= 0.6 is 0 Å². The van der Waals surface area contributed by atoms with Crippen LogP contribution in [0.2, 0.25) is 0 Å². The molecule has 0 atom stereocenters.